The highest BCUT2D eigenvalue weighted by molar-refractivity contribution is 5.70. The molecule has 1 aliphatic carbocycles. The quantitative estimate of drug-likeness (QED) is 0.766. The standard InChI is InChI=1S/C12H24N2O2/c1-13(2)8-9-14(3)11-6-4-10(5-7-11)12(15)16/h10-11H,4-9H2,1-3H3,(H,15,16). The molecule has 1 aliphatic rings. The Balaban J connectivity index is 2.27. The monoisotopic (exact) mass is 228 g/mol. The molecule has 0 heterocycles. The molecule has 16 heavy (non-hydrogen) atoms. The van der Waals surface area contributed by atoms with Gasteiger partial charge < -0.3 is 14.9 Å². The Labute approximate surface area is 98.2 Å². The molecular formula is C12H24N2O2. The molecule has 0 radical (unpaired) electrons. The van der Waals surface area contributed by atoms with E-state index in [1.165, 1.54) is 0 Å². The molecule has 0 aromatic carbocycles. The summed E-state index contributed by atoms with van der Waals surface area (Å²) in [7, 11) is 6.31. The first-order valence-electron chi connectivity index (χ1n) is 6.08. The molecule has 0 aromatic heterocycles. The molecule has 1 fully saturated rings. The summed E-state index contributed by atoms with van der Waals surface area (Å²) >= 11 is 0. The normalized spacial score (nSPS) is 26.3. The van der Waals surface area contributed by atoms with E-state index in [1.807, 2.05) is 0 Å². The second-order valence-corrected chi connectivity index (χ2v) is 5.13. The smallest absolute Gasteiger partial charge is 0.306 e. The van der Waals surface area contributed by atoms with Gasteiger partial charge in [-0.05, 0) is 46.8 Å². The zero-order valence-corrected chi connectivity index (χ0v) is 10.6. The minimum Gasteiger partial charge on any atom is -0.481 e. The van der Waals surface area contributed by atoms with Crippen molar-refractivity contribution in [2.24, 2.45) is 5.92 Å². The van der Waals surface area contributed by atoms with Crippen LogP contribution in [-0.4, -0.2) is 61.2 Å². The van der Waals surface area contributed by atoms with Crippen LogP contribution in [0.4, 0.5) is 0 Å². The van der Waals surface area contributed by atoms with Crippen LogP contribution >= 0.6 is 0 Å². The van der Waals surface area contributed by atoms with Crippen molar-refractivity contribution in [2.45, 2.75) is 31.7 Å². The molecule has 4 heteroatoms. The van der Waals surface area contributed by atoms with E-state index in [2.05, 4.69) is 30.9 Å². The third-order valence-electron chi connectivity index (χ3n) is 3.57. The van der Waals surface area contributed by atoms with E-state index in [-0.39, 0.29) is 5.92 Å². The second kappa shape index (κ2) is 6.21. The predicted molar refractivity (Wildman–Crippen MR) is 64.6 cm³/mol. The number of hydrogen-bond donors (Lipinski definition) is 1. The first-order valence-corrected chi connectivity index (χ1v) is 6.08. The van der Waals surface area contributed by atoms with Gasteiger partial charge in [-0.15, -0.1) is 0 Å². The number of likely N-dealkylation sites (N-methyl/N-ethyl adjacent to an activating group) is 2. The summed E-state index contributed by atoms with van der Waals surface area (Å²) < 4.78 is 0. The highest BCUT2D eigenvalue weighted by atomic mass is 16.4. The molecule has 0 amide bonds. The van der Waals surface area contributed by atoms with Gasteiger partial charge in [-0.25, -0.2) is 0 Å². The molecule has 1 rings (SSSR count). The molecule has 0 spiro atoms. The molecule has 4 nitrogen and oxygen atoms in total. The lowest BCUT2D eigenvalue weighted by Crippen LogP contribution is -2.39. The van der Waals surface area contributed by atoms with E-state index in [4.69, 9.17) is 5.11 Å². The van der Waals surface area contributed by atoms with Crippen LogP contribution in [0.2, 0.25) is 0 Å². The number of rotatable bonds is 5. The summed E-state index contributed by atoms with van der Waals surface area (Å²) in [6, 6.07) is 0.579. The van der Waals surface area contributed by atoms with Crippen LogP contribution in [-0.2, 0) is 4.79 Å². The van der Waals surface area contributed by atoms with Crippen LogP contribution in [0.5, 0.6) is 0 Å². The summed E-state index contributed by atoms with van der Waals surface area (Å²) in [5, 5.41) is 8.92. The van der Waals surface area contributed by atoms with Gasteiger partial charge in [-0.1, -0.05) is 0 Å². The van der Waals surface area contributed by atoms with Gasteiger partial charge >= 0.3 is 5.97 Å². The minimum atomic E-state index is -0.616. The first-order chi connectivity index (χ1) is 7.50. The number of carboxylic acid groups (broad SMARTS) is 1. The Morgan fingerprint density at radius 3 is 2.12 bits per heavy atom. The number of nitrogens with zero attached hydrogens (tertiary/aromatic N) is 2. The Kier molecular flexibility index (Phi) is 5.22. The first kappa shape index (κ1) is 13.5. The number of carboxylic acids is 1. The van der Waals surface area contributed by atoms with Gasteiger partial charge in [-0.2, -0.15) is 0 Å². The Morgan fingerprint density at radius 1 is 1.12 bits per heavy atom. The maximum Gasteiger partial charge on any atom is 0.306 e. The summed E-state index contributed by atoms with van der Waals surface area (Å²) in [4.78, 5) is 15.4. The minimum absolute atomic E-state index is 0.0986. The molecule has 0 aliphatic heterocycles. The van der Waals surface area contributed by atoms with E-state index >= 15 is 0 Å². The summed E-state index contributed by atoms with van der Waals surface area (Å²) in [5.41, 5.74) is 0. The van der Waals surface area contributed by atoms with Crippen LogP contribution in [0.25, 0.3) is 0 Å². The second-order valence-electron chi connectivity index (χ2n) is 5.13. The molecule has 0 bridgehead atoms. The number of carbonyl (C=O) groups is 1. The molecule has 0 aromatic rings. The molecule has 0 saturated heterocycles. The fourth-order valence-electron chi connectivity index (χ4n) is 2.30. The Morgan fingerprint density at radius 2 is 1.69 bits per heavy atom. The average molecular weight is 228 g/mol. The topological polar surface area (TPSA) is 43.8 Å². The maximum absolute atomic E-state index is 10.8. The van der Waals surface area contributed by atoms with E-state index in [9.17, 15) is 4.79 Å². The number of aliphatic carboxylic acids is 1. The van der Waals surface area contributed by atoms with Gasteiger partial charge in [-0.3, -0.25) is 4.79 Å². The lowest BCUT2D eigenvalue weighted by molar-refractivity contribution is -0.143. The summed E-state index contributed by atoms with van der Waals surface area (Å²) in [5.74, 6) is -0.715. The van der Waals surface area contributed by atoms with Crippen molar-refractivity contribution in [1.29, 1.82) is 0 Å². The number of hydrogen-bond acceptors (Lipinski definition) is 3. The van der Waals surface area contributed by atoms with Crippen molar-refractivity contribution in [1.82, 2.24) is 9.80 Å². The molecule has 0 atom stereocenters. The zero-order chi connectivity index (χ0) is 12.1. The molecule has 1 saturated carbocycles. The third kappa shape index (κ3) is 4.10. The van der Waals surface area contributed by atoms with Crippen molar-refractivity contribution in [2.75, 3.05) is 34.2 Å². The van der Waals surface area contributed by atoms with Crippen LogP contribution in [0.15, 0.2) is 0 Å². The van der Waals surface area contributed by atoms with E-state index in [0.717, 1.165) is 38.8 Å². The SMILES string of the molecule is CN(C)CCN(C)C1CCC(C(=O)O)CC1. The average Bonchev–Trinajstić information content (AvgIpc) is 2.26. The van der Waals surface area contributed by atoms with E-state index in [0.29, 0.717) is 6.04 Å². The van der Waals surface area contributed by atoms with Gasteiger partial charge in [0.1, 0.15) is 0 Å². The van der Waals surface area contributed by atoms with Crippen molar-refractivity contribution in [3.63, 3.8) is 0 Å². The molecule has 0 unspecified atom stereocenters. The van der Waals surface area contributed by atoms with Gasteiger partial charge in [0.25, 0.3) is 0 Å². The highest BCUT2D eigenvalue weighted by Crippen LogP contribution is 2.26. The van der Waals surface area contributed by atoms with Crippen LogP contribution in [0.1, 0.15) is 25.7 Å². The van der Waals surface area contributed by atoms with Gasteiger partial charge in [0.2, 0.25) is 0 Å². The fraction of sp³-hybridized carbons (Fsp3) is 0.917. The largest absolute Gasteiger partial charge is 0.481 e. The van der Waals surface area contributed by atoms with Crippen molar-refractivity contribution in [3.05, 3.63) is 0 Å². The van der Waals surface area contributed by atoms with Crippen LogP contribution < -0.4 is 0 Å². The molecule has 1 N–H and O–H groups in total. The van der Waals surface area contributed by atoms with Crippen molar-refractivity contribution >= 4 is 5.97 Å². The zero-order valence-electron chi connectivity index (χ0n) is 10.6. The van der Waals surface area contributed by atoms with Gasteiger partial charge in [0, 0.05) is 19.1 Å². The van der Waals surface area contributed by atoms with Crippen LogP contribution in [0.3, 0.4) is 0 Å². The third-order valence-corrected chi connectivity index (χ3v) is 3.57. The lowest BCUT2D eigenvalue weighted by atomic mass is 9.85. The van der Waals surface area contributed by atoms with E-state index in [1.54, 1.807) is 0 Å². The van der Waals surface area contributed by atoms with Crippen molar-refractivity contribution < 1.29 is 9.90 Å². The van der Waals surface area contributed by atoms with Gasteiger partial charge in [0.05, 0.1) is 5.92 Å². The predicted octanol–water partition coefficient (Wildman–Crippen LogP) is 1.12. The van der Waals surface area contributed by atoms with Crippen molar-refractivity contribution in [3.8, 4) is 0 Å². The van der Waals surface area contributed by atoms with E-state index < -0.39 is 5.97 Å². The fourth-order valence-corrected chi connectivity index (χ4v) is 2.30. The lowest BCUT2D eigenvalue weighted by Gasteiger charge is -2.33. The molecular weight excluding hydrogens is 204 g/mol. The maximum atomic E-state index is 10.8. The van der Waals surface area contributed by atoms with Gasteiger partial charge in [0.15, 0.2) is 0 Å². The highest BCUT2D eigenvalue weighted by Gasteiger charge is 2.27. The Bertz CT molecular complexity index is 223. The molecule has 94 valence electrons. The Hall–Kier alpha value is -0.610. The van der Waals surface area contributed by atoms with Crippen LogP contribution in [0, 0.1) is 5.92 Å². The summed E-state index contributed by atoms with van der Waals surface area (Å²) in [6.07, 6.45) is 3.74. The summed E-state index contributed by atoms with van der Waals surface area (Å²) in [6.45, 7) is 2.13.